The van der Waals surface area contributed by atoms with Gasteiger partial charge in [-0.05, 0) is 62.1 Å². The maximum absolute atomic E-state index is 3.70. The van der Waals surface area contributed by atoms with Crippen molar-refractivity contribution in [2.75, 3.05) is 5.32 Å². The van der Waals surface area contributed by atoms with Crippen LogP contribution in [-0.2, 0) is 6.42 Å². The van der Waals surface area contributed by atoms with Crippen molar-refractivity contribution in [1.29, 1.82) is 0 Å². The number of fused-ring (bicyclic) bond motifs is 3. The number of halogens is 1. The Morgan fingerprint density at radius 3 is 2.77 bits per heavy atom. The van der Waals surface area contributed by atoms with Crippen molar-refractivity contribution >= 4 is 32.5 Å². The van der Waals surface area contributed by atoms with Gasteiger partial charge in [-0.15, -0.1) is 0 Å². The van der Waals surface area contributed by atoms with Crippen molar-refractivity contribution in [3.8, 4) is 0 Å². The first-order valence-electron chi connectivity index (χ1n) is 7.84. The van der Waals surface area contributed by atoms with Gasteiger partial charge in [-0.1, -0.05) is 33.6 Å². The highest BCUT2D eigenvalue weighted by Crippen LogP contribution is 2.37. The molecule has 2 nitrogen and oxygen atoms in total. The molecule has 22 heavy (non-hydrogen) atoms. The minimum atomic E-state index is 0.373. The van der Waals surface area contributed by atoms with E-state index in [1.807, 2.05) is 0 Å². The summed E-state index contributed by atoms with van der Waals surface area (Å²) in [6.07, 6.45) is 3.57. The monoisotopic (exact) mass is 354 g/mol. The highest BCUT2D eigenvalue weighted by atomic mass is 79.9. The van der Waals surface area contributed by atoms with Gasteiger partial charge in [-0.25, -0.2) is 0 Å². The fraction of sp³-hybridized carbons (Fsp3) is 0.263. The molecule has 3 heteroatoms. The molecule has 0 aliphatic heterocycles. The van der Waals surface area contributed by atoms with Crippen LogP contribution in [0.25, 0.3) is 10.9 Å². The molecule has 1 aliphatic carbocycles. The summed E-state index contributed by atoms with van der Waals surface area (Å²) < 4.78 is 1.15. The molecule has 0 saturated carbocycles. The van der Waals surface area contributed by atoms with Gasteiger partial charge in [0, 0.05) is 26.8 Å². The molecule has 0 bridgehead atoms. The number of hydrogen-bond donors (Lipinski definition) is 2. The van der Waals surface area contributed by atoms with Crippen molar-refractivity contribution in [3.63, 3.8) is 0 Å². The largest absolute Gasteiger partial charge is 0.377 e. The summed E-state index contributed by atoms with van der Waals surface area (Å²) in [5, 5.41) is 5.06. The predicted molar refractivity (Wildman–Crippen MR) is 96.5 cm³/mol. The predicted octanol–water partition coefficient (Wildman–Crippen LogP) is 5.73. The van der Waals surface area contributed by atoms with Crippen LogP contribution in [0.3, 0.4) is 0 Å². The van der Waals surface area contributed by atoms with Crippen LogP contribution in [0.15, 0.2) is 46.9 Å². The van der Waals surface area contributed by atoms with Crippen LogP contribution < -0.4 is 5.32 Å². The van der Waals surface area contributed by atoms with Gasteiger partial charge in [0.15, 0.2) is 0 Å². The molecule has 0 fully saturated rings. The maximum atomic E-state index is 3.70. The lowest BCUT2D eigenvalue weighted by Crippen LogP contribution is -2.17. The van der Waals surface area contributed by atoms with Gasteiger partial charge >= 0.3 is 0 Å². The Hall–Kier alpha value is -1.74. The van der Waals surface area contributed by atoms with E-state index in [1.54, 1.807) is 0 Å². The van der Waals surface area contributed by atoms with Gasteiger partial charge in [-0.3, -0.25) is 0 Å². The van der Waals surface area contributed by atoms with Gasteiger partial charge in [-0.2, -0.15) is 0 Å². The highest BCUT2D eigenvalue weighted by Gasteiger charge is 2.24. The Morgan fingerprint density at radius 2 is 1.95 bits per heavy atom. The second kappa shape index (κ2) is 5.47. The number of aromatic nitrogens is 1. The normalized spacial score (nSPS) is 17.5. The SMILES string of the molecule is Cc1ccc(NC2CCCc3c2[nH]c2ccc(Br)cc32)cc1. The van der Waals surface area contributed by atoms with Gasteiger partial charge in [0.2, 0.25) is 0 Å². The second-order valence-electron chi connectivity index (χ2n) is 6.16. The average Bonchev–Trinajstić information content (AvgIpc) is 2.89. The molecule has 1 heterocycles. The van der Waals surface area contributed by atoms with Crippen LogP contribution in [0, 0.1) is 6.92 Å². The number of anilines is 1. The summed E-state index contributed by atoms with van der Waals surface area (Å²) in [7, 11) is 0. The van der Waals surface area contributed by atoms with E-state index in [0.29, 0.717) is 6.04 Å². The van der Waals surface area contributed by atoms with Gasteiger partial charge in [0.25, 0.3) is 0 Å². The Balaban J connectivity index is 1.72. The molecule has 2 aromatic carbocycles. The zero-order valence-electron chi connectivity index (χ0n) is 12.6. The Bertz CT molecular complexity index is 817. The lowest BCUT2D eigenvalue weighted by atomic mass is 9.91. The molecule has 2 N–H and O–H groups in total. The summed E-state index contributed by atoms with van der Waals surface area (Å²) in [4.78, 5) is 3.64. The summed E-state index contributed by atoms with van der Waals surface area (Å²) in [5.74, 6) is 0. The third-order valence-corrected chi connectivity index (χ3v) is 5.05. The van der Waals surface area contributed by atoms with Crippen LogP contribution in [0.1, 0.15) is 35.7 Å². The molecule has 0 radical (unpaired) electrons. The summed E-state index contributed by atoms with van der Waals surface area (Å²) >= 11 is 3.59. The zero-order valence-corrected chi connectivity index (χ0v) is 14.2. The fourth-order valence-electron chi connectivity index (χ4n) is 3.43. The van der Waals surface area contributed by atoms with Crippen LogP contribution in [0.2, 0.25) is 0 Å². The van der Waals surface area contributed by atoms with Gasteiger partial charge in [0.05, 0.1) is 6.04 Å². The molecular formula is C19H19BrN2. The van der Waals surface area contributed by atoms with E-state index < -0.39 is 0 Å². The van der Waals surface area contributed by atoms with Crippen molar-refractivity contribution in [1.82, 2.24) is 4.98 Å². The highest BCUT2D eigenvalue weighted by molar-refractivity contribution is 9.10. The molecule has 1 aliphatic rings. The van der Waals surface area contributed by atoms with E-state index in [0.717, 1.165) is 10.9 Å². The second-order valence-corrected chi connectivity index (χ2v) is 7.08. The molecule has 4 rings (SSSR count). The first-order valence-corrected chi connectivity index (χ1v) is 8.63. The number of H-pyrrole nitrogens is 1. The minimum Gasteiger partial charge on any atom is -0.377 e. The van der Waals surface area contributed by atoms with E-state index >= 15 is 0 Å². The Kier molecular flexibility index (Phi) is 3.45. The molecule has 1 unspecified atom stereocenters. The topological polar surface area (TPSA) is 27.8 Å². The zero-order chi connectivity index (χ0) is 15.1. The Labute approximate surface area is 139 Å². The minimum absolute atomic E-state index is 0.373. The van der Waals surface area contributed by atoms with E-state index in [4.69, 9.17) is 0 Å². The number of nitrogens with one attached hydrogen (secondary N) is 2. The molecule has 0 spiro atoms. The Morgan fingerprint density at radius 1 is 1.14 bits per heavy atom. The number of rotatable bonds is 2. The lowest BCUT2D eigenvalue weighted by Gasteiger charge is -2.25. The molecule has 1 atom stereocenters. The fourth-order valence-corrected chi connectivity index (χ4v) is 3.79. The smallest absolute Gasteiger partial charge is 0.0666 e. The number of aromatic amines is 1. The number of aryl methyl sites for hydroxylation is 2. The first-order chi connectivity index (χ1) is 10.7. The number of hydrogen-bond acceptors (Lipinski definition) is 1. The van der Waals surface area contributed by atoms with E-state index in [9.17, 15) is 0 Å². The maximum Gasteiger partial charge on any atom is 0.0666 e. The summed E-state index contributed by atoms with van der Waals surface area (Å²) in [6.45, 7) is 2.12. The molecule has 1 aromatic heterocycles. The lowest BCUT2D eigenvalue weighted by molar-refractivity contribution is 0.593. The van der Waals surface area contributed by atoms with E-state index in [1.165, 1.54) is 46.3 Å². The van der Waals surface area contributed by atoms with E-state index in [2.05, 4.69) is 75.6 Å². The third kappa shape index (κ3) is 2.44. The molecule has 3 aromatic rings. The quantitative estimate of drug-likeness (QED) is 0.604. The molecular weight excluding hydrogens is 336 g/mol. The van der Waals surface area contributed by atoms with Crippen LogP contribution in [0.4, 0.5) is 5.69 Å². The van der Waals surface area contributed by atoms with Crippen molar-refractivity contribution in [2.45, 2.75) is 32.2 Å². The first kappa shape index (κ1) is 13.9. The van der Waals surface area contributed by atoms with Crippen LogP contribution in [0.5, 0.6) is 0 Å². The molecule has 0 saturated heterocycles. The van der Waals surface area contributed by atoms with Crippen LogP contribution >= 0.6 is 15.9 Å². The standard InChI is InChI=1S/C19H19BrN2/c1-12-5-8-14(9-6-12)21-18-4-2-3-15-16-11-13(20)7-10-17(16)22-19(15)18/h5-11,18,21-22H,2-4H2,1H3. The van der Waals surface area contributed by atoms with Crippen molar-refractivity contribution < 1.29 is 0 Å². The van der Waals surface area contributed by atoms with Gasteiger partial charge in [0.1, 0.15) is 0 Å². The number of benzene rings is 2. The summed E-state index contributed by atoms with van der Waals surface area (Å²) in [6, 6.07) is 15.5. The van der Waals surface area contributed by atoms with Gasteiger partial charge < -0.3 is 10.3 Å². The van der Waals surface area contributed by atoms with Crippen molar-refractivity contribution in [2.24, 2.45) is 0 Å². The third-order valence-electron chi connectivity index (χ3n) is 4.56. The molecule has 112 valence electrons. The van der Waals surface area contributed by atoms with E-state index in [-0.39, 0.29) is 0 Å². The van der Waals surface area contributed by atoms with Crippen LogP contribution in [-0.4, -0.2) is 4.98 Å². The summed E-state index contributed by atoms with van der Waals surface area (Å²) in [5.41, 5.74) is 6.58. The van der Waals surface area contributed by atoms with Crippen molar-refractivity contribution in [3.05, 3.63) is 63.8 Å². The molecule has 0 amide bonds. The average molecular weight is 355 g/mol.